The summed E-state index contributed by atoms with van der Waals surface area (Å²) in [4.78, 5) is 0. The van der Waals surface area contributed by atoms with Gasteiger partial charge in [-0.05, 0) is 25.7 Å². The van der Waals surface area contributed by atoms with Gasteiger partial charge in [0.2, 0.25) is 0 Å². The summed E-state index contributed by atoms with van der Waals surface area (Å²) in [6.07, 6.45) is 8.88. The fraction of sp³-hybridized carbons (Fsp3) is 0.529. The number of hydrogen-bond acceptors (Lipinski definition) is 4. The van der Waals surface area contributed by atoms with Crippen LogP contribution in [0.3, 0.4) is 0 Å². The van der Waals surface area contributed by atoms with Crippen molar-refractivity contribution in [2.45, 2.75) is 32.1 Å². The molecule has 1 fully saturated rings. The van der Waals surface area contributed by atoms with E-state index in [2.05, 4.69) is 12.1 Å². The van der Waals surface area contributed by atoms with E-state index in [1.165, 1.54) is 0 Å². The molecule has 0 amide bonds. The minimum atomic E-state index is -1.59. The minimum Gasteiger partial charge on any atom is -0.196 e. The maximum atomic E-state index is 9.75. The normalized spacial score (nSPS) is 25.9. The van der Waals surface area contributed by atoms with Crippen LogP contribution >= 0.6 is 0 Å². The zero-order chi connectivity index (χ0) is 15.1. The molecular formula is C17H14N4. The molecule has 0 spiro atoms. The maximum absolute atomic E-state index is 9.75. The molecule has 4 aliphatic rings. The first kappa shape index (κ1) is 13.4. The van der Waals surface area contributed by atoms with E-state index in [1.807, 2.05) is 24.3 Å². The van der Waals surface area contributed by atoms with Crippen LogP contribution in [-0.2, 0) is 0 Å². The molecule has 0 N–H and O–H groups in total. The second kappa shape index (κ2) is 4.48. The van der Waals surface area contributed by atoms with Crippen molar-refractivity contribution in [2.75, 3.05) is 0 Å². The molecule has 4 nitrogen and oxygen atoms in total. The van der Waals surface area contributed by atoms with Crippen molar-refractivity contribution in [2.24, 2.45) is 22.7 Å². The largest absolute Gasteiger partial charge is 0.196 e. The van der Waals surface area contributed by atoms with Crippen LogP contribution < -0.4 is 0 Å². The van der Waals surface area contributed by atoms with Crippen molar-refractivity contribution in [3.05, 3.63) is 23.3 Å². The maximum Gasteiger partial charge on any atom is 0.186 e. The molecule has 4 aliphatic carbocycles. The number of fused-ring (bicyclic) bond motifs is 1. The molecule has 1 saturated carbocycles. The monoisotopic (exact) mass is 274 g/mol. The van der Waals surface area contributed by atoms with E-state index in [-0.39, 0.29) is 5.92 Å². The van der Waals surface area contributed by atoms with Gasteiger partial charge >= 0.3 is 0 Å². The van der Waals surface area contributed by atoms with Crippen LogP contribution in [0.5, 0.6) is 0 Å². The molecule has 4 heteroatoms. The summed E-state index contributed by atoms with van der Waals surface area (Å²) in [5.41, 5.74) is -0.997. The first-order chi connectivity index (χ1) is 10.2. The third-order valence-electron chi connectivity index (χ3n) is 5.22. The molecule has 0 aliphatic heterocycles. The fourth-order valence-electron chi connectivity index (χ4n) is 4.21. The highest BCUT2D eigenvalue weighted by molar-refractivity contribution is 5.53. The van der Waals surface area contributed by atoms with Crippen molar-refractivity contribution in [1.82, 2.24) is 0 Å². The van der Waals surface area contributed by atoms with Gasteiger partial charge in [-0.25, -0.2) is 0 Å². The lowest BCUT2D eigenvalue weighted by molar-refractivity contribution is 0.159. The summed E-state index contributed by atoms with van der Waals surface area (Å²) in [5.74, 6) is -0.822. The molecule has 0 heterocycles. The molecule has 0 aromatic rings. The van der Waals surface area contributed by atoms with E-state index >= 15 is 0 Å². The van der Waals surface area contributed by atoms with Crippen LogP contribution in [0.25, 0.3) is 0 Å². The highest BCUT2D eigenvalue weighted by atomic mass is 14.7. The molecule has 0 unspecified atom stereocenters. The van der Waals surface area contributed by atoms with Crippen LogP contribution in [-0.4, -0.2) is 0 Å². The predicted molar refractivity (Wildman–Crippen MR) is 73.5 cm³/mol. The van der Waals surface area contributed by atoms with Gasteiger partial charge in [0.1, 0.15) is 0 Å². The van der Waals surface area contributed by atoms with E-state index in [1.54, 1.807) is 0 Å². The van der Waals surface area contributed by atoms with Crippen molar-refractivity contribution >= 4 is 0 Å². The average molecular weight is 274 g/mol. The Bertz CT molecular complexity index is 662. The summed E-state index contributed by atoms with van der Waals surface area (Å²) in [6.45, 7) is 0. The minimum absolute atomic E-state index is 0.378. The van der Waals surface area contributed by atoms with E-state index < -0.39 is 16.7 Å². The first-order valence-corrected chi connectivity index (χ1v) is 7.25. The smallest absolute Gasteiger partial charge is 0.186 e. The first-order valence-electron chi connectivity index (χ1n) is 7.25. The standard InChI is InChI=1S/C17H14N4/c18-8-16(9-19)14-6-12-4-2-1-3-5-13(7-14)15(12)17(16,10-20)11-21/h6-7,14-15H,1-5H2. The number of hydrogen-bond donors (Lipinski definition) is 0. The van der Waals surface area contributed by atoms with Crippen LogP contribution in [0.15, 0.2) is 23.3 Å². The summed E-state index contributed by atoms with van der Waals surface area (Å²) in [6, 6.07) is 8.20. The number of allylic oxidation sites excluding steroid dienone is 4. The Morgan fingerprint density at radius 3 is 1.67 bits per heavy atom. The number of rotatable bonds is 0. The van der Waals surface area contributed by atoms with Crippen molar-refractivity contribution in [1.29, 1.82) is 21.0 Å². The van der Waals surface area contributed by atoms with Crippen LogP contribution in [0, 0.1) is 68.0 Å². The molecule has 4 rings (SSSR count). The van der Waals surface area contributed by atoms with Crippen LogP contribution in [0.1, 0.15) is 32.1 Å². The highest BCUT2D eigenvalue weighted by Gasteiger charge is 2.67. The molecule has 0 aromatic heterocycles. The molecule has 21 heavy (non-hydrogen) atoms. The summed E-state index contributed by atoms with van der Waals surface area (Å²) in [5, 5.41) is 38.7. The van der Waals surface area contributed by atoms with Gasteiger partial charge in [-0.2, -0.15) is 21.0 Å². The number of nitrogens with zero attached hydrogens (tertiary/aromatic N) is 4. The third-order valence-corrected chi connectivity index (χ3v) is 5.22. The lowest BCUT2D eigenvalue weighted by atomic mass is 9.44. The lowest BCUT2D eigenvalue weighted by Gasteiger charge is -2.51. The Kier molecular flexibility index (Phi) is 2.86. The van der Waals surface area contributed by atoms with E-state index in [9.17, 15) is 21.0 Å². The average Bonchev–Trinajstić information content (AvgIpc) is 2.52. The topological polar surface area (TPSA) is 95.2 Å². The SMILES string of the molecule is N#CC1(C#N)C2C=C3CCCCCC(=C2)C3C1(C#N)C#N. The molecule has 0 aromatic carbocycles. The zero-order valence-corrected chi connectivity index (χ0v) is 11.6. The van der Waals surface area contributed by atoms with Gasteiger partial charge in [-0.1, -0.05) is 29.7 Å². The third kappa shape index (κ3) is 1.40. The van der Waals surface area contributed by atoms with Crippen LogP contribution in [0.2, 0.25) is 0 Å². The lowest BCUT2D eigenvalue weighted by Crippen LogP contribution is -2.54. The van der Waals surface area contributed by atoms with E-state index in [0.717, 1.165) is 43.3 Å². The van der Waals surface area contributed by atoms with Crippen molar-refractivity contribution in [3.8, 4) is 24.3 Å². The zero-order valence-electron chi connectivity index (χ0n) is 11.6. The summed E-state index contributed by atoms with van der Waals surface area (Å²) in [7, 11) is 0. The molecule has 0 saturated heterocycles. The van der Waals surface area contributed by atoms with Gasteiger partial charge < -0.3 is 0 Å². The summed E-state index contributed by atoms with van der Waals surface area (Å²) >= 11 is 0. The van der Waals surface area contributed by atoms with E-state index in [4.69, 9.17) is 0 Å². The second-order valence-corrected chi connectivity index (χ2v) is 6.07. The van der Waals surface area contributed by atoms with Crippen molar-refractivity contribution in [3.63, 3.8) is 0 Å². The Labute approximate surface area is 124 Å². The fourth-order valence-corrected chi connectivity index (χ4v) is 4.21. The second-order valence-electron chi connectivity index (χ2n) is 6.07. The highest BCUT2D eigenvalue weighted by Crippen LogP contribution is 2.63. The summed E-state index contributed by atoms with van der Waals surface area (Å²) < 4.78 is 0. The van der Waals surface area contributed by atoms with E-state index in [0.29, 0.717) is 0 Å². The van der Waals surface area contributed by atoms with Crippen LogP contribution in [0.4, 0.5) is 0 Å². The Morgan fingerprint density at radius 1 is 0.762 bits per heavy atom. The van der Waals surface area contributed by atoms with Gasteiger partial charge in [0.25, 0.3) is 0 Å². The van der Waals surface area contributed by atoms with Gasteiger partial charge in [-0.15, -0.1) is 0 Å². The van der Waals surface area contributed by atoms with Crippen molar-refractivity contribution < 1.29 is 0 Å². The van der Waals surface area contributed by atoms with Gasteiger partial charge in [0, 0.05) is 11.8 Å². The van der Waals surface area contributed by atoms with Gasteiger partial charge in [-0.3, -0.25) is 0 Å². The molecular weight excluding hydrogens is 260 g/mol. The molecule has 0 radical (unpaired) electrons. The molecule has 102 valence electrons. The number of nitriles is 4. The predicted octanol–water partition coefficient (Wildman–Crippen LogP) is 3.13. The quantitative estimate of drug-likeness (QED) is 0.634. The molecule has 4 bridgehead atoms. The molecule has 0 atom stereocenters. The Morgan fingerprint density at radius 2 is 1.24 bits per heavy atom. The van der Waals surface area contributed by atoms with Gasteiger partial charge in [0.05, 0.1) is 24.3 Å². The Balaban J connectivity index is 2.30. The van der Waals surface area contributed by atoms with Gasteiger partial charge in [0.15, 0.2) is 10.8 Å². The Hall–Kier alpha value is -2.56.